The van der Waals surface area contributed by atoms with E-state index in [0.717, 1.165) is 25.2 Å². The molecule has 0 bridgehead atoms. The van der Waals surface area contributed by atoms with Crippen molar-refractivity contribution in [3.8, 4) is 11.3 Å². The van der Waals surface area contributed by atoms with Crippen molar-refractivity contribution < 1.29 is 0 Å². The normalized spacial score (nSPS) is 15.4. The zero-order valence-corrected chi connectivity index (χ0v) is 13.3. The number of nitrogens with one attached hydrogen (secondary N) is 1. The molecule has 2 aromatic rings. The van der Waals surface area contributed by atoms with E-state index in [9.17, 15) is 0 Å². The van der Waals surface area contributed by atoms with E-state index in [1.54, 1.807) is 0 Å². The van der Waals surface area contributed by atoms with Crippen LogP contribution in [-0.4, -0.2) is 28.2 Å². The molecule has 0 spiro atoms. The van der Waals surface area contributed by atoms with E-state index in [4.69, 9.17) is 0 Å². The van der Waals surface area contributed by atoms with E-state index in [-0.39, 0.29) is 0 Å². The van der Waals surface area contributed by atoms with Crippen LogP contribution < -0.4 is 0 Å². The van der Waals surface area contributed by atoms with Crippen LogP contribution in [0.15, 0.2) is 24.3 Å². The van der Waals surface area contributed by atoms with Crippen LogP contribution in [0.5, 0.6) is 0 Å². The van der Waals surface area contributed by atoms with E-state index in [1.165, 1.54) is 35.3 Å². The van der Waals surface area contributed by atoms with Gasteiger partial charge in [0, 0.05) is 36.3 Å². The highest BCUT2D eigenvalue weighted by Crippen LogP contribution is 2.29. The Morgan fingerprint density at radius 3 is 2.67 bits per heavy atom. The first-order chi connectivity index (χ1) is 10.2. The molecule has 3 heteroatoms. The fourth-order valence-electron chi connectivity index (χ4n) is 3.12. The maximum atomic E-state index is 4.59. The quantitative estimate of drug-likeness (QED) is 0.920. The minimum absolute atomic E-state index is 0.576. The van der Waals surface area contributed by atoms with Crippen molar-refractivity contribution in [1.29, 1.82) is 0 Å². The molecule has 0 aliphatic carbocycles. The van der Waals surface area contributed by atoms with Gasteiger partial charge in [-0.25, -0.2) is 0 Å². The molecule has 1 N–H and O–H groups in total. The summed E-state index contributed by atoms with van der Waals surface area (Å²) in [6.07, 6.45) is 2.30. The van der Waals surface area contributed by atoms with E-state index in [2.05, 4.69) is 60.1 Å². The van der Waals surface area contributed by atoms with Crippen molar-refractivity contribution in [2.45, 2.75) is 46.1 Å². The van der Waals surface area contributed by atoms with Crippen molar-refractivity contribution in [2.75, 3.05) is 13.1 Å². The molecule has 3 rings (SSSR count). The third-order valence-electron chi connectivity index (χ3n) is 4.40. The number of H-pyrrole nitrogens is 1. The third kappa shape index (κ3) is 2.88. The summed E-state index contributed by atoms with van der Waals surface area (Å²) in [5, 5.41) is 7.83. The molecule has 0 fully saturated rings. The molecule has 3 nitrogen and oxygen atoms in total. The maximum absolute atomic E-state index is 4.59. The van der Waals surface area contributed by atoms with Crippen LogP contribution in [0.4, 0.5) is 0 Å². The standard InChI is InChI=1S/C18H25N3/c1-4-10-21-11-9-17-16(12-21)18(20-19-17)15-7-5-14(6-8-15)13(2)3/h5-8,13H,4,9-12H2,1-3H3,(H,19,20). The molecular formula is C18H25N3. The van der Waals surface area contributed by atoms with Crippen LogP contribution >= 0.6 is 0 Å². The number of hydrogen-bond donors (Lipinski definition) is 1. The highest BCUT2D eigenvalue weighted by molar-refractivity contribution is 5.64. The van der Waals surface area contributed by atoms with Crippen molar-refractivity contribution in [1.82, 2.24) is 15.1 Å². The predicted molar refractivity (Wildman–Crippen MR) is 87.4 cm³/mol. The number of benzene rings is 1. The molecule has 0 radical (unpaired) electrons. The first kappa shape index (κ1) is 14.3. The van der Waals surface area contributed by atoms with Crippen LogP contribution in [0.3, 0.4) is 0 Å². The molecule has 21 heavy (non-hydrogen) atoms. The Morgan fingerprint density at radius 2 is 2.00 bits per heavy atom. The van der Waals surface area contributed by atoms with Crippen LogP contribution in [0.1, 0.15) is 49.9 Å². The highest BCUT2D eigenvalue weighted by atomic mass is 15.2. The van der Waals surface area contributed by atoms with E-state index < -0.39 is 0 Å². The summed E-state index contributed by atoms with van der Waals surface area (Å²) in [6, 6.07) is 8.89. The summed E-state index contributed by atoms with van der Waals surface area (Å²) in [6.45, 7) is 10.1. The van der Waals surface area contributed by atoms with Crippen LogP contribution in [-0.2, 0) is 13.0 Å². The molecule has 0 amide bonds. The fourth-order valence-corrected chi connectivity index (χ4v) is 3.12. The van der Waals surface area contributed by atoms with Gasteiger partial charge >= 0.3 is 0 Å². The number of hydrogen-bond acceptors (Lipinski definition) is 2. The molecule has 2 heterocycles. The van der Waals surface area contributed by atoms with Gasteiger partial charge in [-0.15, -0.1) is 0 Å². The Morgan fingerprint density at radius 1 is 1.24 bits per heavy atom. The van der Waals surface area contributed by atoms with Gasteiger partial charge in [0.15, 0.2) is 0 Å². The molecule has 0 saturated heterocycles. The first-order valence-electron chi connectivity index (χ1n) is 8.07. The third-order valence-corrected chi connectivity index (χ3v) is 4.40. The SMILES string of the molecule is CCCN1CCc2[nH]nc(-c3ccc(C(C)C)cc3)c2C1. The molecule has 0 unspecified atom stereocenters. The number of aromatic nitrogens is 2. The minimum atomic E-state index is 0.576. The Hall–Kier alpha value is -1.61. The predicted octanol–water partition coefficient (Wildman–Crippen LogP) is 3.97. The smallest absolute Gasteiger partial charge is 0.0968 e. The van der Waals surface area contributed by atoms with Gasteiger partial charge < -0.3 is 0 Å². The number of aromatic amines is 1. The van der Waals surface area contributed by atoms with Gasteiger partial charge in [-0.05, 0) is 24.4 Å². The van der Waals surface area contributed by atoms with Crippen molar-refractivity contribution in [3.05, 3.63) is 41.1 Å². The summed E-state index contributed by atoms with van der Waals surface area (Å²) >= 11 is 0. The average molecular weight is 283 g/mol. The summed E-state index contributed by atoms with van der Waals surface area (Å²) in [5.74, 6) is 0.576. The lowest BCUT2D eigenvalue weighted by atomic mass is 9.97. The van der Waals surface area contributed by atoms with Crippen molar-refractivity contribution in [2.24, 2.45) is 0 Å². The van der Waals surface area contributed by atoms with Crippen LogP contribution in [0, 0.1) is 0 Å². The second kappa shape index (κ2) is 6.02. The summed E-state index contributed by atoms with van der Waals surface area (Å²) in [5.41, 5.74) is 6.48. The van der Waals surface area contributed by atoms with Gasteiger partial charge in [-0.2, -0.15) is 5.10 Å². The van der Waals surface area contributed by atoms with E-state index in [0.29, 0.717) is 5.92 Å². The lowest BCUT2D eigenvalue weighted by Gasteiger charge is -2.26. The number of fused-ring (bicyclic) bond motifs is 1. The van der Waals surface area contributed by atoms with E-state index in [1.807, 2.05) is 0 Å². The van der Waals surface area contributed by atoms with Crippen LogP contribution in [0.25, 0.3) is 11.3 Å². The molecule has 112 valence electrons. The van der Waals surface area contributed by atoms with Gasteiger partial charge in [0.1, 0.15) is 0 Å². The second-order valence-electron chi connectivity index (χ2n) is 6.33. The molecular weight excluding hydrogens is 258 g/mol. The van der Waals surface area contributed by atoms with Gasteiger partial charge in [-0.1, -0.05) is 45.0 Å². The minimum Gasteiger partial charge on any atom is -0.299 e. The molecule has 0 saturated carbocycles. The highest BCUT2D eigenvalue weighted by Gasteiger charge is 2.22. The second-order valence-corrected chi connectivity index (χ2v) is 6.33. The summed E-state index contributed by atoms with van der Waals surface area (Å²) in [7, 11) is 0. The van der Waals surface area contributed by atoms with Crippen molar-refractivity contribution in [3.63, 3.8) is 0 Å². The van der Waals surface area contributed by atoms with Gasteiger partial charge in [0.25, 0.3) is 0 Å². The molecule has 1 aliphatic heterocycles. The average Bonchev–Trinajstić information content (AvgIpc) is 2.91. The maximum Gasteiger partial charge on any atom is 0.0968 e. The van der Waals surface area contributed by atoms with E-state index >= 15 is 0 Å². The summed E-state index contributed by atoms with van der Waals surface area (Å²) < 4.78 is 0. The molecule has 1 aliphatic rings. The van der Waals surface area contributed by atoms with Gasteiger partial charge in [-0.3, -0.25) is 10.00 Å². The lowest BCUT2D eigenvalue weighted by Crippen LogP contribution is -2.31. The Balaban J connectivity index is 1.88. The molecule has 1 aromatic carbocycles. The lowest BCUT2D eigenvalue weighted by molar-refractivity contribution is 0.254. The molecule has 1 aromatic heterocycles. The summed E-state index contributed by atoms with van der Waals surface area (Å²) in [4.78, 5) is 2.53. The Labute approximate surface area is 127 Å². The zero-order valence-electron chi connectivity index (χ0n) is 13.3. The van der Waals surface area contributed by atoms with Gasteiger partial charge in [0.2, 0.25) is 0 Å². The zero-order chi connectivity index (χ0) is 14.8. The topological polar surface area (TPSA) is 31.9 Å². The number of rotatable bonds is 4. The Kier molecular flexibility index (Phi) is 4.11. The van der Waals surface area contributed by atoms with Crippen molar-refractivity contribution >= 4 is 0 Å². The first-order valence-corrected chi connectivity index (χ1v) is 8.07. The Bertz CT molecular complexity index is 595. The number of nitrogens with zero attached hydrogens (tertiary/aromatic N) is 2. The largest absolute Gasteiger partial charge is 0.299 e. The van der Waals surface area contributed by atoms with Gasteiger partial charge in [0.05, 0.1) is 5.69 Å². The monoisotopic (exact) mass is 283 g/mol. The molecule has 0 atom stereocenters. The van der Waals surface area contributed by atoms with Crippen LogP contribution in [0.2, 0.25) is 0 Å². The fraction of sp³-hybridized carbons (Fsp3) is 0.500.